The number of esters is 1. The Labute approximate surface area is 185 Å². The fourth-order valence-electron chi connectivity index (χ4n) is 3.02. The number of hydrogen-bond donors (Lipinski definition) is 1. The third-order valence-corrected chi connectivity index (χ3v) is 4.80. The van der Waals surface area contributed by atoms with Gasteiger partial charge in [-0.15, -0.1) is 11.8 Å². The number of aliphatic hydroxyl groups excluding tert-OH is 1. The second kappa shape index (κ2) is 23.4. The molecule has 0 aliphatic carbocycles. The van der Waals surface area contributed by atoms with Crippen LogP contribution in [0.4, 0.5) is 0 Å². The molecule has 0 saturated carbocycles. The van der Waals surface area contributed by atoms with Gasteiger partial charge in [0.1, 0.15) is 6.10 Å². The highest BCUT2D eigenvalue weighted by Gasteiger charge is 1.98. The van der Waals surface area contributed by atoms with Crippen LogP contribution in [-0.4, -0.2) is 23.8 Å². The normalized spacial score (nSPS) is 10.6. The van der Waals surface area contributed by atoms with E-state index < -0.39 is 6.10 Å². The monoisotopic (exact) mass is 414 g/mol. The second-order valence-electron chi connectivity index (χ2n) is 7.75. The Hall–Kier alpha value is -1.89. The molecule has 1 atom stereocenters. The number of rotatable bonds is 16. The molecule has 0 saturated heterocycles. The zero-order valence-corrected chi connectivity index (χ0v) is 19.4. The Bertz CT molecular complexity index is 589. The Balaban J connectivity index is 3.39. The summed E-state index contributed by atoms with van der Waals surface area (Å²) in [5, 5.41) is 9.78. The van der Waals surface area contributed by atoms with Gasteiger partial charge in [-0.1, -0.05) is 77.1 Å². The predicted octanol–water partition coefficient (Wildman–Crippen LogP) is 6.18. The van der Waals surface area contributed by atoms with Gasteiger partial charge in [0.25, 0.3) is 0 Å². The molecule has 0 spiro atoms. The van der Waals surface area contributed by atoms with E-state index in [2.05, 4.69) is 47.2 Å². The minimum atomic E-state index is -0.622. The molecule has 0 fully saturated rings. The fourth-order valence-corrected chi connectivity index (χ4v) is 3.02. The molecule has 0 aliphatic heterocycles. The van der Waals surface area contributed by atoms with Crippen molar-refractivity contribution in [2.75, 3.05) is 6.61 Å². The van der Waals surface area contributed by atoms with Gasteiger partial charge in [0.15, 0.2) is 6.61 Å². The third kappa shape index (κ3) is 24.1. The van der Waals surface area contributed by atoms with E-state index >= 15 is 0 Å². The molecule has 0 heterocycles. The quantitative estimate of drug-likeness (QED) is 0.186. The minimum Gasteiger partial charge on any atom is -0.453 e. The highest BCUT2D eigenvalue weighted by Crippen LogP contribution is 2.10. The summed E-state index contributed by atoms with van der Waals surface area (Å²) < 4.78 is 4.67. The van der Waals surface area contributed by atoms with E-state index in [9.17, 15) is 9.90 Å². The molecule has 0 radical (unpaired) electrons. The van der Waals surface area contributed by atoms with Crippen molar-refractivity contribution in [3.8, 4) is 35.5 Å². The van der Waals surface area contributed by atoms with E-state index in [0.717, 1.165) is 25.7 Å². The SMILES string of the molecule is CCCCCCCCC#CCCCCCCCCC[C@H](O)C#CC#CCOC(C)=O. The van der Waals surface area contributed by atoms with E-state index in [1.165, 1.54) is 77.6 Å². The summed E-state index contributed by atoms with van der Waals surface area (Å²) in [6, 6.07) is 0. The van der Waals surface area contributed by atoms with Crippen molar-refractivity contribution < 1.29 is 14.6 Å². The minimum absolute atomic E-state index is 0.0475. The summed E-state index contributed by atoms with van der Waals surface area (Å²) in [6.45, 7) is 3.64. The topological polar surface area (TPSA) is 46.5 Å². The number of aliphatic hydroxyl groups is 1. The van der Waals surface area contributed by atoms with Crippen molar-refractivity contribution in [3.63, 3.8) is 0 Å². The van der Waals surface area contributed by atoms with Gasteiger partial charge in [0, 0.05) is 19.8 Å². The van der Waals surface area contributed by atoms with E-state index in [0.29, 0.717) is 6.42 Å². The summed E-state index contributed by atoms with van der Waals surface area (Å²) >= 11 is 0. The van der Waals surface area contributed by atoms with Crippen molar-refractivity contribution >= 4 is 5.97 Å². The summed E-state index contributed by atoms with van der Waals surface area (Å²) in [6.07, 6.45) is 18.6. The standard InChI is InChI=1S/C27H42O3/c1-3-4-5-6-7-8-9-10-11-12-13-14-15-16-17-18-20-23-27(29)24-21-19-22-25-30-26(2)28/h27,29H,3-9,12-18,20,23,25H2,1-2H3/t27-/m0/s1. The maximum atomic E-state index is 10.5. The molecule has 168 valence electrons. The van der Waals surface area contributed by atoms with Crippen LogP contribution in [0, 0.1) is 35.5 Å². The van der Waals surface area contributed by atoms with Crippen LogP contribution in [0.15, 0.2) is 0 Å². The van der Waals surface area contributed by atoms with Gasteiger partial charge in [-0.3, -0.25) is 4.79 Å². The number of unbranched alkanes of at least 4 members (excludes halogenated alkanes) is 13. The molecule has 3 heteroatoms. The van der Waals surface area contributed by atoms with Crippen molar-refractivity contribution in [3.05, 3.63) is 0 Å². The summed E-state index contributed by atoms with van der Waals surface area (Å²) in [7, 11) is 0. The van der Waals surface area contributed by atoms with Crippen LogP contribution in [0.5, 0.6) is 0 Å². The Morgan fingerprint density at radius 1 is 0.767 bits per heavy atom. The van der Waals surface area contributed by atoms with Gasteiger partial charge in [-0.05, 0) is 43.4 Å². The average Bonchev–Trinajstić information content (AvgIpc) is 2.72. The zero-order valence-electron chi connectivity index (χ0n) is 19.4. The number of ether oxygens (including phenoxy) is 1. The lowest BCUT2D eigenvalue weighted by atomic mass is 10.1. The average molecular weight is 415 g/mol. The molecule has 0 rings (SSSR count). The van der Waals surface area contributed by atoms with Gasteiger partial charge in [0.05, 0.1) is 0 Å². The molecule has 30 heavy (non-hydrogen) atoms. The smallest absolute Gasteiger partial charge is 0.303 e. The van der Waals surface area contributed by atoms with E-state index in [4.69, 9.17) is 0 Å². The first kappa shape index (κ1) is 28.1. The molecule has 0 bridgehead atoms. The van der Waals surface area contributed by atoms with Crippen LogP contribution in [0.1, 0.15) is 117 Å². The maximum absolute atomic E-state index is 10.5. The van der Waals surface area contributed by atoms with Gasteiger partial charge < -0.3 is 9.84 Å². The van der Waals surface area contributed by atoms with Crippen molar-refractivity contribution in [1.82, 2.24) is 0 Å². The fraction of sp³-hybridized carbons (Fsp3) is 0.741. The van der Waals surface area contributed by atoms with E-state index in [1.807, 2.05) is 0 Å². The van der Waals surface area contributed by atoms with Crippen LogP contribution in [0.25, 0.3) is 0 Å². The van der Waals surface area contributed by atoms with Crippen LogP contribution in [0.3, 0.4) is 0 Å². The number of carbonyl (C=O) groups is 1. The molecule has 0 unspecified atom stereocenters. The van der Waals surface area contributed by atoms with Crippen LogP contribution in [-0.2, 0) is 9.53 Å². The molecular formula is C27H42O3. The third-order valence-electron chi connectivity index (χ3n) is 4.80. The predicted molar refractivity (Wildman–Crippen MR) is 126 cm³/mol. The Kier molecular flexibility index (Phi) is 21.9. The van der Waals surface area contributed by atoms with Gasteiger partial charge >= 0.3 is 5.97 Å². The van der Waals surface area contributed by atoms with Gasteiger partial charge in [0.2, 0.25) is 0 Å². The summed E-state index contributed by atoms with van der Waals surface area (Å²) in [5.41, 5.74) is 0. The van der Waals surface area contributed by atoms with E-state index in [-0.39, 0.29) is 12.6 Å². The maximum Gasteiger partial charge on any atom is 0.303 e. The molecule has 0 aromatic carbocycles. The van der Waals surface area contributed by atoms with Crippen molar-refractivity contribution in [2.45, 2.75) is 123 Å². The molecule has 0 aromatic heterocycles. The van der Waals surface area contributed by atoms with Gasteiger partial charge in [-0.25, -0.2) is 0 Å². The molecule has 1 N–H and O–H groups in total. The molecular weight excluding hydrogens is 372 g/mol. The molecule has 0 aromatic rings. The first-order valence-electron chi connectivity index (χ1n) is 11.9. The van der Waals surface area contributed by atoms with Gasteiger partial charge in [-0.2, -0.15) is 0 Å². The largest absolute Gasteiger partial charge is 0.453 e. The highest BCUT2D eigenvalue weighted by atomic mass is 16.5. The Morgan fingerprint density at radius 2 is 1.30 bits per heavy atom. The lowest BCUT2D eigenvalue weighted by Gasteiger charge is -2.03. The molecule has 0 amide bonds. The number of hydrogen-bond acceptors (Lipinski definition) is 3. The Morgan fingerprint density at radius 3 is 1.87 bits per heavy atom. The second-order valence-corrected chi connectivity index (χ2v) is 7.75. The summed E-state index contributed by atoms with van der Waals surface area (Å²) in [4.78, 5) is 10.5. The molecule has 0 aliphatic rings. The van der Waals surface area contributed by atoms with E-state index in [1.54, 1.807) is 0 Å². The molecule has 3 nitrogen and oxygen atoms in total. The lowest BCUT2D eigenvalue weighted by Crippen LogP contribution is -2.02. The van der Waals surface area contributed by atoms with Crippen molar-refractivity contribution in [2.24, 2.45) is 0 Å². The zero-order chi connectivity index (χ0) is 22.1. The summed E-state index contributed by atoms with van der Waals surface area (Å²) in [5.74, 6) is 16.8. The van der Waals surface area contributed by atoms with Crippen molar-refractivity contribution in [1.29, 1.82) is 0 Å². The lowest BCUT2D eigenvalue weighted by molar-refractivity contribution is -0.139. The van der Waals surface area contributed by atoms with Crippen LogP contribution < -0.4 is 0 Å². The van der Waals surface area contributed by atoms with Crippen LogP contribution >= 0.6 is 0 Å². The highest BCUT2D eigenvalue weighted by molar-refractivity contribution is 5.66. The number of carbonyl (C=O) groups excluding carboxylic acids is 1. The first-order chi connectivity index (χ1) is 14.7. The first-order valence-corrected chi connectivity index (χ1v) is 11.9. The van der Waals surface area contributed by atoms with Crippen LogP contribution in [0.2, 0.25) is 0 Å².